The van der Waals surface area contributed by atoms with Crippen LogP contribution < -0.4 is 0 Å². The lowest BCUT2D eigenvalue weighted by Gasteiger charge is -2.31. The van der Waals surface area contributed by atoms with Crippen LogP contribution >= 0.6 is 23.2 Å². The molecule has 1 fully saturated rings. The lowest BCUT2D eigenvalue weighted by Crippen LogP contribution is -2.43. The van der Waals surface area contributed by atoms with Crippen LogP contribution in [0.3, 0.4) is 0 Å². The van der Waals surface area contributed by atoms with Gasteiger partial charge in [0.05, 0.1) is 16.0 Å². The number of hydrogen-bond acceptors (Lipinski definition) is 4. The summed E-state index contributed by atoms with van der Waals surface area (Å²) in [4.78, 5) is 39.4. The largest absolute Gasteiger partial charge is 0.455 e. The smallest absolute Gasteiger partial charge is 0.311 e. The van der Waals surface area contributed by atoms with E-state index in [0.29, 0.717) is 42.5 Å². The Kier molecular flexibility index (Phi) is 7.92. The first-order chi connectivity index (χ1) is 12.8. The zero-order chi connectivity index (χ0) is 20.0. The first-order valence-electron chi connectivity index (χ1n) is 8.94. The average molecular weight is 415 g/mol. The summed E-state index contributed by atoms with van der Waals surface area (Å²) in [6.07, 6.45) is 1.84. The molecule has 2 rings (SSSR count). The van der Waals surface area contributed by atoms with Gasteiger partial charge in [-0.1, -0.05) is 36.2 Å². The third-order valence-corrected chi connectivity index (χ3v) is 5.32. The summed E-state index contributed by atoms with van der Waals surface area (Å²) in [6.45, 7) is 2.83. The molecule has 1 atom stereocenters. The van der Waals surface area contributed by atoms with Gasteiger partial charge in [0.1, 0.15) is 0 Å². The number of likely N-dealkylation sites (N-methyl/N-ethyl adjacent to an activating group) is 1. The molecular formula is C19H24Cl2N2O4. The summed E-state index contributed by atoms with van der Waals surface area (Å²) >= 11 is 11.9. The van der Waals surface area contributed by atoms with Crippen molar-refractivity contribution in [1.29, 1.82) is 0 Å². The number of halogens is 2. The van der Waals surface area contributed by atoms with Crippen LogP contribution in [0.1, 0.15) is 31.7 Å². The lowest BCUT2D eigenvalue weighted by atomic mass is 9.98. The molecule has 1 aliphatic heterocycles. The Morgan fingerprint density at radius 3 is 2.67 bits per heavy atom. The van der Waals surface area contributed by atoms with Crippen LogP contribution in [-0.2, 0) is 25.7 Å². The van der Waals surface area contributed by atoms with E-state index in [4.69, 9.17) is 27.9 Å². The highest BCUT2D eigenvalue weighted by atomic mass is 35.5. The van der Waals surface area contributed by atoms with Gasteiger partial charge >= 0.3 is 5.97 Å². The Hall–Kier alpha value is -1.79. The molecule has 1 saturated heterocycles. The SMILES string of the molecule is CCC(=O)N1CCCC(C(=O)OCC(=O)N(C)Cc2ccc(Cl)c(Cl)c2)C1. The topological polar surface area (TPSA) is 66.9 Å². The van der Waals surface area contributed by atoms with E-state index in [0.717, 1.165) is 12.0 Å². The summed E-state index contributed by atoms with van der Waals surface area (Å²) in [5, 5.41) is 0.872. The van der Waals surface area contributed by atoms with Crippen LogP contribution in [0.5, 0.6) is 0 Å². The van der Waals surface area contributed by atoms with Crippen molar-refractivity contribution in [2.75, 3.05) is 26.7 Å². The molecule has 0 saturated carbocycles. The minimum atomic E-state index is -0.431. The molecular weight excluding hydrogens is 391 g/mol. The normalized spacial score (nSPS) is 16.7. The van der Waals surface area contributed by atoms with Crippen molar-refractivity contribution in [1.82, 2.24) is 9.80 Å². The van der Waals surface area contributed by atoms with E-state index in [1.807, 2.05) is 0 Å². The van der Waals surface area contributed by atoms with Crippen molar-refractivity contribution >= 4 is 41.0 Å². The molecule has 1 heterocycles. The van der Waals surface area contributed by atoms with Crippen molar-refractivity contribution in [3.63, 3.8) is 0 Å². The number of benzene rings is 1. The van der Waals surface area contributed by atoms with Crippen LogP contribution in [0.15, 0.2) is 18.2 Å². The second-order valence-corrected chi connectivity index (χ2v) is 7.45. The minimum absolute atomic E-state index is 0.0323. The Labute approximate surface area is 169 Å². The third kappa shape index (κ3) is 6.11. The number of carbonyl (C=O) groups excluding carboxylic acids is 3. The zero-order valence-corrected chi connectivity index (χ0v) is 17.1. The Morgan fingerprint density at radius 2 is 2.00 bits per heavy atom. The van der Waals surface area contributed by atoms with Gasteiger partial charge in [0.25, 0.3) is 5.91 Å². The fourth-order valence-corrected chi connectivity index (χ4v) is 3.30. The van der Waals surface area contributed by atoms with Crippen molar-refractivity contribution in [2.45, 2.75) is 32.7 Å². The molecule has 8 heteroatoms. The molecule has 0 radical (unpaired) electrons. The predicted octanol–water partition coefficient (Wildman–Crippen LogP) is 3.14. The van der Waals surface area contributed by atoms with Crippen molar-refractivity contribution in [3.05, 3.63) is 33.8 Å². The maximum Gasteiger partial charge on any atom is 0.311 e. The molecule has 0 aromatic heterocycles. The molecule has 0 bridgehead atoms. The van der Waals surface area contributed by atoms with Gasteiger partial charge in [-0.05, 0) is 30.5 Å². The van der Waals surface area contributed by atoms with Crippen LogP contribution in [0, 0.1) is 5.92 Å². The van der Waals surface area contributed by atoms with E-state index in [2.05, 4.69) is 0 Å². The van der Waals surface area contributed by atoms with E-state index in [-0.39, 0.29) is 24.3 Å². The average Bonchev–Trinajstić information content (AvgIpc) is 2.68. The van der Waals surface area contributed by atoms with Crippen LogP contribution in [0.2, 0.25) is 10.0 Å². The molecule has 0 spiro atoms. The fourth-order valence-electron chi connectivity index (χ4n) is 2.98. The molecule has 1 unspecified atom stereocenters. The second kappa shape index (κ2) is 9.95. The maximum absolute atomic E-state index is 12.3. The quantitative estimate of drug-likeness (QED) is 0.670. The van der Waals surface area contributed by atoms with Gasteiger partial charge in [-0.15, -0.1) is 0 Å². The summed E-state index contributed by atoms with van der Waals surface area (Å²) < 4.78 is 5.19. The number of nitrogens with zero attached hydrogens (tertiary/aromatic N) is 2. The monoisotopic (exact) mass is 414 g/mol. The number of rotatable bonds is 6. The lowest BCUT2D eigenvalue weighted by molar-refractivity contribution is -0.157. The van der Waals surface area contributed by atoms with Crippen molar-refractivity contribution in [3.8, 4) is 0 Å². The molecule has 1 aliphatic rings. The molecule has 0 N–H and O–H groups in total. The minimum Gasteiger partial charge on any atom is -0.455 e. The molecule has 2 amide bonds. The van der Waals surface area contributed by atoms with Crippen molar-refractivity contribution in [2.24, 2.45) is 5.92 Å². The highest BCUT2D eigenvalue weighted by molar-refractivity contribution is 6.42. The molecule has 0 aliphatic carbocycles. The van der Waals surface area contributed by atoms with Gasteiger partial charge < -0.3 is 14.5 Å². The van der Waals surface area contributed by atoms with Gasteiger partial charge in [-0.2, -0.15) is 0 Å². The fraction of sp³-hybridized carbons (Fsp3) is 0.526. The maximum atomic E-state index is 12.3. The highest BCUT2D eigenvalue weighted by Crippen LogP contribution is 2.23. The van der Waals surface area contributed by atoms with E-state index in [9.17, 15) is 14.4 Å². The summed E-state index contributed by atoms with van der Waals surface area (Å²) in [5.74, 6) is -1.08. The molecule has 1 aromatic carbocycles. The van der Waals surface area contributed by atoms with Gasteiger partial charge in [-0.25, -0.2) is 0 Å². The Bertz CT molecular complexity index is 711. The number of hydrogen-bond donors (Lipinski definition) is 0. The van der Waals surface area contributed by atoms with Crippen LogP contribution in [-0.4, -0.2) is 54.3 Å². The number of esters is 1. The zero-order valence-electron chi connectivity index (χ0n) is 15.5. The number of ether oxygens (including phenoxy) is 1. The third-order valence-electron chi connectivity index (χ3n) is 4.58. The standard InChI is InChI=1S/C19H24Cl2N2O4/c1-3-17(24)23-8-4-5-14(11-23)19(26)27-12-18(25)22(2)10-13-6-7-15(20)16(21)9-13/h6-7,9,14H,3-5,8,10-12H2,1-2H3. The molecule has 27 heavy (non-hydrogen) atoms. The van der Waals surface area contributed by atoms with E-state index < -0.39 is 5.97 Å². The summed E-state index contributed by atoms with van der Waals surface area (Å²) in [5.41, 5.74) is 0.826. The number of likely N-dealkylation sites (tertiary alicyclic amines) is 1. The first kappa shape index (κ1) is 21.5. The number of amides is 2. The number of piperidine rings is 1. The van der Waals surface area contributed by atoms with Gasteiger partial charge in [0, 0.05) is 33.1 Å². The van der Waals surface area contributed by atoms with E-state index in [1.165, 1.54) is 4.90 Å². The summed E-state index contributed by atoms with van der Waals surface area (Å²) in [7, 11) is 1.63. The van der Waals surface area contributed by atoms with Gasteiger partial charge in [0.2, 0.25) is 5.91 Å². The van der Waals surface area contributed by atoms with E-state index >= 15 is 0 Å². The molecule has 6 nitrogen and oxygen atoms in total. The van der Waals surface area contributed by atoms with Crippen LogP contribution in [0.4, 0.5) is 0 Å². The number of carbonyl (C=O) groups is 3. The van der Waals surface area contributed by atoms with E-state index in [1.54, 1.807) is 37.1 Å². The predicted molar refractivity (Wildman–Crippen MR) is 103 cm³/mol. The first-order valence-corrected chi connectivity index (χ1v) is 9.69. The van der Waals surface area contributed by atoms with Gasteiger partial charge in [0.15, 0.2) is 6.61 Å². The Balaban J connectivity index is 1.82. The highest BCUT2D eigenvalue weighted by Gasteiger charge is 2.29. The second-order valence-electron chi connectivity index (χ2n) is 6.64. The van der Waals surface area contributed by atoms with Crippen LogP contribution in [0.25, 0.3) is 0 Å². The summed E-state index contributed by atoms with van der Waals surface area (Å²) in [6, 6.07) is 5.15. The molecule has 1 aromatic rings. The van der Waals surface area contributed by atoms with Crippen molar-refractivity contribution < 1.29 is 19.1 Å². The van der Waals surface area contributed by atoms with Gasteiger partial charge in [-0.3, -0.25) is 14.4 Å². The molecule has 148 valence electrons. The Morgan fingerprint density at radius 1 is 1.26 bits per heavy atom.